The average molecular weight is 364 g/mol. The molecule has 0 atom stereocenters. The van der Waals surface area contributed by atoms with Crippen molar-refractivity contribution in [2.45, 2.75) is 13.5 Å². The van der Waals surface area contributed by atoms with Gasteiger partial charge in [-0.3, -0.25) is 9.59 Å². The van der Waals surface area contributed by atoms with Crippen LogP contribution in [0.5, 0.6) is 0 Å². The van der Waals surface area contributed by atoms with Crippen molar-refractivity contribution in [3.05, 3.63) is 77.6 Å². The zero-order valence-electron chi connectivity index (χ0n) is 15.0. The van der Waals surface area contributed by atoms with Gasteiger partial charge in [0.25, 0.3) is 0 Å². The number of Topliss-reactive ketones (excluding diaryl/α,β-unsaturated/α-hetero) is 1. The normalized spacial score (nSPS) is 10.6. The number of carbonyl (C=O) groups is 2. The first-order valence-electron chi connectivity index (χ1n) is 8.58. The minimum Gasteiger partial charge on any atom is -0.367 e. The molecule has 27 heavy (non-hydrogen) atoms. The molecule has 3 aromatic rings. The minimum absolute atomic E-state index is 0.115. The predicted molar refractivity (Wildman–Crippen MR) is 100 cm³/mol. The van der Waals surface area contributed by atoms with E-state index in [4.69, 9.17) is 9.26 Å². The van der Waals surface area contributed by atoms with Crippen molar-refractivity contribution in [1.82, 2.24) is 10.5 Å². The second-order valence-corrected chi connectivity index (χ2v) is 6.01. The Hall–Kier alpha value is -3.25. The number of aryl methyl sites for hydroxylation is 1. The van der Waals surface area contributed by atoms with Crippen LogP contribution in [-0.2, 0) is 16.1 Å². The Labute approximate surface area is 157 Å². The van der Waals surface area contributed by atoms with E-state index in [-0.39, 0.29) is 24.8 Å². The van der Waals surface area contributed by atoms with Crippen LogP contribution in [0, 0.1) is 6.92 Å². The molecule has 2 aromatic carbocycles. The Morgan fingerprint density at radius 1 is 1.04 bits per heavy atom. The number of hydrogen-bond acceptors (Lipinski definition) is 5. The Kier molecular flexibility index (Phi) is 6.12. The molecule has 138 valence electrons. The number of aromatic nitrogens is 1. The molecule has 0 aliphatic heterocycles. The topological polar surface area (TPSA) is 81.4 Å². The summed E-state index contributed by atoms with van der Waals surface area (Å²) in [5, 5.41) is 6.56. The van der Waals surface area contributed by atoms with Crippen LogP contribution >= 0.6 is 0 Å². The van der Waals surface area contributed by atoms with Crippen LogP contribution in [0.2, 0.25) is 0 Å². The summed E-state index contributed by atoms with van der Waals surface area (Å²) < 4.78 is 10.6. The smallest absolute Gasteiger partial charge is 0.246 e. The Bertz CT molecular complexity index is 904. The van der Waals surface area contributed by atoms with E-state index in [2.05, 4.69) is 10.5 Å². The van der Waals surface area contributed by atoms with Gasteiger partial charge in [-0.15, -0.1) is 0 Å². The standard InChI is InChI=1S/C21H20N2O4/c1-15-20(21(23-27-15)17-10-6-3-7-11-17)18(24)12-22-19(25)14-26-13-16-8-4-2-5-9-16/h2-11H,12-14H2,1H3,(H,22,25). The highest BCUT2D eigenvalue weighted by atomic mass is 16.5. The molecular weight excluding hydrogens is 344 g/mol. The first-order chi connectivity index (χ1) is 13.1. The van der Waals surface area contributed by atoms with Gasteiger partial charge in [0, 0.05) is 5.56 Å². The quantitative estimate of drug-likeness (QED) is 0.621. The van der Waals surface area contributed by atoms with E-state index in [0.717, 1.165) is 11.1 Å². The van der Waals surface area contributed by atoms with Gasteiger partial charge in [-0.25, -0.2) is 0 Å². The molecule has 0 aliphatic rings. The first-order valence-corrected chi connectivity index (χ1v) is 8.58. The van der Waals surface area contributed by atoms with Gasteiger partial charge in [0.15, 0.2) is 5.78 Å². The van der Waals surface area contributed by atoms with Crippen molar-refractivity contribution in [3.8, 4) is 11.3 Å². The molecule has 6 nitrogen and oxygen atoms in total. The van der Waals surface area contributed by atoms with Crippen molar-refractivity contribution in [3.63, 3.8) is 0 Å². The predicted octanol–water partition coefficient (Wildman–Crippen LogP) is 3.17. The third-order valence-corrected chi connectivity index (χ3v) is 3.98. The molecule has 0 saturated carbocycles. The summed E-state index contributed by atoms with van der Waals surface area (Å²) in [6.07, 6.45) is 0. The molecule has 0 saturated heterocycles. The molecule has 3 rings (SSSR count). The van der Waals surface area contributed by atoms with Gasteiger partial charge in [0.2, 0.25) is 5.91 Å². The lowest BCUT2D eigenvalue weighted by molar-refractivity contribution is -0.125. The third-order valence-electron chi connectivity index (χ3n) is 3.98. The van der Waals surface area contributed by atoms with Crippen LogP contribution in [0.15, 0.2) is 65.2 Å². The molecule has 6 heteroatoms. The van der Waals surface area contributed by atoms with Gasteiger partial charge in [0.05, 0.1) is 18.7 Å². The van der Waals surface area contributed by atoms with E-state index in [1.165, 1.54) is 0 Å². The van der Waals surface area contributed by atoms with E-state index in [1.54, 1.807) is 6.92 Å². The highest BCUT2D eigenvalue weighted by Gasteiger charge is 2.21. The van der Waals surface area contributed by atoms with Crippen LogP contribution < -0.4 is 5.32 Å². The van der Waals surface area contributed by atoms with Crippen LogP contribution in [0.4, 0.5) is 0 Å². The molecule has 0 spiro atoms. The Balaban J connectivity index is 1.54. The number of hydrogen-bond donors (Lipinski definition) is 1. The summed E-state index contributed by atoms with van der Waals surface area (Å²) in [7, 11) is 0. The second kappa shape index (κ2) is 8.91. The van der Waals surface area contributed by atoms with Crippen molar-refractivity contribution < 1.29 is 18.8 Å². The largest absolute Gasteiger partial charge is 0.367 e. The molecule has 0 bridgehead atoms. The molecule has 1 heterocycles. The highest BCUT2D eigenvalue weighted by molar-refractivity contribution is 6.04. The number of rotatable bonds is 8. The van der Waals surface area contributed by atoms with Gasteiger partial charge in [0.1, 0.15) is 18.1 Å². The number of benzene rings is 2. The van der Waals surface area contributed by atoms with Gasteiger partial charge < -0.3 is 14.6 Å². The monoisotopic (exact) mass is 364 g/mol. The fraction of sp³-hybridized carbons (Fsp3) is 0.190. The van der Waals surface area contributed by atoms with Crippen LogP contribution in [-0.4, -0.2) is 30.0 Å². The highest BCUT2D eigenvalue weighted by Crippen LogP contribution is 2.25. The van der Waals surface area contributed by atoms with E-state index in [1.807, 2.05) is 60.7 Å². The molecule has 0 aliphatic carbocycles. The van der Waals surface area contributed by atoms with Gasteiger partial charge >= 0.3 is 0 Å². The van der Waals surface area contributed by atoms with Crippen molar-refractivity contribution >= 4 is 11.7 Å². The second-order valence-electron chi connectivity index (χ2n) is 6.01. The summed E-state index contributed by atoms with van der Waals surface area (Å²) in [5.41, 5.74) is 2.63. The molecule has 1 aromatic heterocycles. The summed E-state index contributed by atoms with van der Waals surface area (Å²) in [6, 6.07) is 18.9. The van der Waals surface area contributed by atoms with E-state index < -0.39 is 0 Å². The van der Waals surface area contributed by atoms with Gasteiger partial charge in [-0.1, -0.05) is 65.8 Å². The van der Waals surface area contributed by atoms with Crippen LogP contribution in [0.25, 0.3) is 11.3 Å². The van der Waals surface area contributed by atoms with Gasteiger partial charge in [-0.05, 0) is 12.5 Å². The van der Waals surface area contributed by atoms with Crippen molar-refractivity contribution in [2.75, 3.05) is 13.2 Å². The molecule has 1 N–H and O–H groups in total. The maximum absolute atomic E-state index is 12.6. The van der Waals surface area contributed by atoms with Crippen LogP contribution in [0.3, 0.4) is 0 Å². The molecule has 0 radical (unpaired) electrons. The number of nitrogens with zero attached hydrogens (tertiary/aromatic N) is 1. The number of ether oxygens (including phenoxy) is 1. The molecule has 1 amide bonds. The summed E-state index contributed by atoms with van der Waals surface area (Å²) >= 11 is 0. The lowest BCUT2D eigenvalue weighted by atomic mass is 10.0. The lowest BCUT2D eigenvalue weighted by Crippen LogP contribution is -2.32. The zero-order valence-corrected chi connectivity index (χ0v) is 15.0. The number of amides is 1. The minimum atomic E-state index is -0.352. The molecule has 0 unspecified atom stereocenters. The van der Waals surface area contributed by atoms with Crippen molar-refractivity contribution in [1.29, 1.82) is 0 Å². The Morgan fingerprint density at radius 3 is 2.41 bits per heavy atom. The fourth-order valence-electron chi connectivity index (χ4n) is 2.65. The first kappa shape index (κ1) is 18.5. The van der Waals surface area contributed by atoms with Crippen molar-refractivity contribution in [2.24, 2.45) is 0 Å². The maximum Gasteiger partial charge on any atom is 0.246 e. The SMILES string of the molecule is Cc1onc(-c2ccccc2)c1C(=O)CNC(=O)COCc1ccccc1. The number of ketones is 1. The average Bonchev–Trinajstić information content (AvgIpc) is 3.09. The summed E-state index contributed by atoms with van der Waals surface area (Å²) in [5.74, 6) is -0.188. The van der Waals surface area contributed by atoms with Crippen LogP contribution in [0.1, 0.15) is 21.7 Å². The van der Waals surface area contributed by atoms with E-state index >= 15 is 0 Å². The third kappa shape index (κ3) is 4.89. The van der Waals surface area contributed by atoms with Gasteiger partial charge in [-0.2, -0.15) is 0 Å². The summed E-state index contributed by atoms with van der Waals surface area (Å²) in [4.78, 5) is 24.5. The van der Waals surface area contributed by atoms with E-state index in [0.29, 0.717) is 23.6 Å². The zero-order chi connectivity index (χ0) is 19.1. The molecule has 0 fully saturated rings. The maximum atomic E-state index is 12.6. The fourth-order valence-corrected chi connectivity index (χ4v) is 2.65. The lowest BCUT2D eigenvalue weighted by Gasteiger charge is -2.06. The summed E-state index contributed by atoms with van der Waals surface area (Å²) in [6.45, 7) is 1.76. The number of nitrogens with one attached hydrogen (secondary N) is 1. The molecular formula is C21H20N2O4. The Morgan fingerprint density at radius 2 is 1.70 bits per heavy atom. The number of carbonyl (C=O) groups excluding carboxylic acids is 2. The van der Waals surface area contributed by atoms with E-state index in [9.17, 15) is 9.59 Å².